The molecule has 0 amide bonds. The summed E-state index contributed by atoms with van der Waals surface area (Å²) < 4.78 is 13.7. The molecule has 3 heteroatoms. The highest BCUT2D eigenvalue weighted by Crippen LogP contribution is 2.19. The second-order valence-electron chi connectivity index (χ2n) is 6.96. The van der Waals surface area contributed by atoms with Crippen LogP contribution < -0.4 is 0 Å². The lowest BCUT2D eigenvalue weighted by Crippen LogP contribution is -2.39. The summed E-state index contributed by atoms with van der Waals surface area (Å²) in [5.41, 5.74) is 2.28. The van der Waals surface area contributed by atoms with Crippen LogP contribution in [0.3, 0.4) is 0 Å². The fourth-order valence-electron chi connectivity index (χ4n) is 3.39. The van der Waals surface area contributed by atoms with Crippen molar-refractivity contribution < 1.29 is 4.39 Å². The van der Waals surface area contributed by atoms with E-state index in [1.807, 2.05) is 12.1 Å². The minimum absolute atomic E-state index is 0.0663. The number of halogens is 1. The van der Waals surface area contributed by atoms with Gasteiger partial charge in [-0.05, 0) is 70.8 Å². The standard InChI is InChI=1S/C20H31FN2/c1-4-17(2)15-22(3)16-18-9-12-23(13-10-18)14-11-19-7-5-6-8-20(19)21/h4-8,18H,9-16H2,1-3H3/b17-4+. The average Bonchev–Trinajstić information content (AvgIpc) is 2.55. The Kier molecular flexibility index (Phi) is 7.25. The Bertz CT molecular complexity index is 504. The van der Waals surface area contributed by atoms with E-state index in [1.165, 1.54) is 25.0 Å². The average molecular weight is 318 g/mol. The van der Waals surface area contributed by atoms with E-state index in [1.54, 1.807) is 12.1 Å². The molecule has 23 heavy (non-hydrogen) atoms. The van der Waals surface area contributed by atoms with E-state index in [0.29, 0.717) is 0 Å². The van der Waals surface area contributed by atoms with Gasteiger partial charge >= 0.3 is 0 Å². The van der Waals surface area contributed by atoms with Gasteiger partial charge in [0.2, 0.25) is 0 Å². The van der Waals surface area contributed by atoms with Crippen molar-refractivity contribution in [2.45, 2.75) is 33.1 Å². The van der Waals surface area contributed by atoms with Crippen molar-refractivity contribution in [3.63, 3.8) is 0 Å². The van der Waals surface area contributed by atoms with Gasteiger partial charge in [-0.25, -0.2) is 4.39 Å². The summed E-state index contributed by atoms with van der Waals surface area (Å²) >= 11 is 0. The maximum Gasteiger partial charge on any atom is 0.126 e. The molecule has 1 saturated heterocycles. The first-order valence-electron chi connectivity index (χ1n) is 8.84. The van der Waals surface area contributed by atoms with Crippen LogP contribution in [0.2, 0.25) is 0 Å². The Morgan fingerprint density at radius 1 is 1.30 bits per heavy atom. The van der Waals surface area contributed by atoms with E-state index in [2.05, 4.69) is 36.8 Å². The molecule has 1 aromatic carbocycles. The molecule has 2 rings (SSSR count). The molecule has 0 unspecified atom stereocenters. The lowest BCUT2D eigenvalue weighted by Gasteiger charge is -2.34. The summed E-state index contributed by atoms with van der Waals surface area (Å²) in [5, 5.41) is 0. The molecular weight excluding hydrogens is 287 g/mol. The molecule has 0 atom stereocenters. The number of piperidine rings is 1. The molecule has 0 aromatic heterocycles. The van der Waals surface area contributed by atoms with Crippen LogP contribution in [0.25, 0.3) is 0 Å². The molecular formula is C20H31FN2. The quantitative estimate of drug-likeness (QED) is 0.702. The third kappa shape index (κ3) is 6.08. The molecule has 1 aliphatic rings. The van der Waals surface area contributed by atoms with Crippen molar-refractivity contribution in [1.29, 1.82) is 0 Å². The van der Waals surface area contributed by atoms with Gasteiger partial charge in [0, 0.05) is 19.6 Å². The third-order valence-corrected chi connectivity index (χ3v) is 4.94. The van der Waals surface area contributed by atoms with E-state index < -0.39 is 0 Å². The number of allylic oxidation sites excluding steroid dienone is 1. The number of hydrogen-bond acceptors (Lipinski definition) is 2. The first-order chi connectivity index (χ1) is 11.1. The zero-order valence-electron chi connectivity index (χ0n) is 14.9. The molecule has 0 radical (unpaired) electrons. The lowest BCUT2D eigenvalue weighted by molar-refractivity contribution is 0.158. The van der Waals surface area contributed by atoms with Gasteiger partial charge in [-0.15, -0.1) is 0 Å². The van der Waals surface area contributed by atoms with Crippen LogP contribution in [-0.4, -0.2) is 49.6 Å². The number of benzene rings is 1. The first-order valence-corrected chi connectivity index (χ1v) is 8.84. The number of rotatable bonds is 7. The maximum atomic E-state index is 13.7. The summed E-state index contributed by atoms with van der Waals surface area (Å²) in [6.45, 7) is 9.83. The van der Waals surface area contributed by atoms with Crippen molar-refractivity contribution in [3.05, 3.63) is 47.3 Å². The van der Waals surface area contributed by atoms with Crippen molar-refractivity contribution in [1.82, 2.24) is 9.80 Å². The summed E-state index contributed by atoms with van der Waals surface area (Å²) in [7, 11) is 2.22. The predicted octanol–water partition coefficient (Wildman–Crippen LogP) is 3.98. The van der Waals surface area contributed by atoms with E-state index in [4.69, 9.17) is 0 Å². The summed E-state index contributed by atoms with van der Waals surface area (Å²) in [5.74, 6) is 0.734. The molecule has 0 saturated carbocycles. The highest BCUT2D eigenvalue weighted by molar-refractivity contribution is 5.17. The van der Waals surface area contributed by atoms with Crippen molar-refractivity contribution in [2.75, 3.05) is 39.8 Å². The molecule has 0 spiro atoms. The molecule has 0 N–H and O–H groups in total. The third-order valence-electron chi connectivity index (χ3n) is 4.94. The van der Waals surface area contributed by atoms with Gasteiger partial charge in [-0.2, -0.15) is 0 Å². The Morgan fingerprint density at radius 2 is 2.00 bits per heavy atom. The highest BCUT2D eigenvalue weighted by atomic mass is 19.1. The van der Waals surface area contributed by atoms with Crippen molar-refractivity contribution in [2.24, 2.45) is 5.92 Å². The molecule has 1 fully saturated rings. The van der Waals surface area contributed by atoms with Gasteiger partial charge in [0.1, 0.15) is 5.82 Å². The molecule has 128 valence electrons. The molecule has 2 nitrogen and oxygen atoms in total. The zero-order chi connectivity index (χ0) is 16.7. The van der Waals surface area contributed by atoms with Crippen LogP contribution in [0.1, 0.15) is 32.3 Å². The Balaban J connectivity index is 1.69. The SMILES string of the molecule is C/C=C(\C)CN(C)CC1CCN(CCc2ccccc2F)CC1. The van der Waals surface area contributed by atoms with Crippen molar-refractivity contribution >= 4 is 0 Å². The van der Waals surface area contributed by atoms with Crippen LogP contribution in [0.15, 0.2) is 35.9 Å². The molecule has 1 aromatic rings. The Hall–Kier alpha value is -1.19. The van der Waals surface area contributed by atoms with Crippen LogP contribution in [0, 0.1) is 11.7 Å². The number of likely N-dealkylation sites (N-methyl/N-ethyl adjacent to an activating group) is 1. The Morgan fingerprint density at radius 3 is 2.65 bits per heavy atom. The Labute approximate surface area is 141 Å². The van der Waals surface area contributed by atoms with E-state index >= 15 is 0 Å². The number of hydrogen-bond donors (Lipinski definition) is 0. The highest BCUT2D eigenvalue weighted by Gasteiger charge is 2.20. The smallest absolute Gasteiger partial charge is 0.126 e. The normalized spacial score (nSPS) is 17.9. The first kappa shape index (κ1) is 18.2. The summed E-state index contributed by atoms with van der Waals surface area (Å²) in [6, 6.07) is 7.15. The maximum absolute atomic E-state index is 13.7. The van der Waals surface area contributed by atoms with E-state index in [0.717, 1.165) is 44.1 Å². The second kappa shape index (κ2) is 9.19. The predicted molar refractivity (Wildman–Crippen MR) is 96.2 cm³/mol. The van der Waals surface area contributed by atoms with Crippen molar-refractivity contribution in [3.8, 4) is 0 Å². The largest absolute Gasteiger partial charge is 0.303 e. The zero-order valence-corrected chi connectivity index (χ0v) is 14.9. The molecule has 0 bridgehead atoms. The van der Waals surface area contributed by atoms with Crippen LogP contribution in [0.4, 0.5) is 4.39 Å². The summed E-state index contributed by atoms with van der Waals surface area (Å²) in [4.78, 5) is 4.93. The van der Waals surface area contributed by atoms with Gasteiger partial charge in [0.25, 0.3) is 0 Å². The second-order valence-corrected chi connectivity index (χ2v) is 6.96. The molecule has 1 aliphatic heterocycles. The topological polar surface area (TPSA) is 6.48 Å². The fraction of sp³-hybridized carbons (Fsp3) is 0.600. The van der Waals surface area contributed by atoms with Gasteiger partial charge in [-0.1, -0.05) is 29.8 Å². The minimum Gasteiger partial charge on any atom is -0.303 e. The van der Waals surface area contributed by atoms with E-state index in [9.17, 15) is 4.39 Å². The van der Waals surface area contributed by atoms with E-state index in [-0.39, 0.29) is 5.82 Å². The molecule has 0 aliphatic carbocycles. The lowest BCUT2D eigenvalue weighted by atomic mass is 9.96. The van der Waals surface area contributed by atoms with Gasteiger partial charge in [0.15, 0.2) is 0 Å². The van der Waals surface area contributed by atoms with Crippen LogP contribution >= 0.6 is 0 Å². The fourth-order valence-corrected chi connectivity index (χ4v) is 3.39. The van der Waals surface area contributed by atoms with Gasteiger partial charge < -0.3 is 9.80 Å². The summed E-state index contributed by atoms with van der Waals surface area (Å²) in [6.07, 6.45) is 5.53. The minimum atomic E-state index is -0.0663. The van der Waals surface area contributed by atoms with Gasteiger partial charge in [0.05, 0.1) is 0 Å². The monoisotopic (exact) mass is 318 g/mol. The number of likely N-dealkylation sites (tertiary alicyclic amines) is 1. The van der Waals surface area contributed by atoms with Crippen LogP contribution in [0.5, 0.6) is 0 Å². The number of nitrogens with zero attached hydrogens (tertiary/aromatic N) is 2. The van der Waals surface area contributed by atoms with Crippen LogP contribution in [-0.2, 0) is 6.42 Å². The van der Waals surface area contributed by atoms with Gasteiger partial charge in [-0.3, -0.25) is 0 Å². The molecule has 1 heterocycles.